The first-order valence-corrected chi connectivity index (χ1v) is 9.58. The minimum absolute atomic E-state index is 0.0749. The molecular formula is C21H16FN3O5. The number of halogens is 1. The van der Waals surface area contributed by atoms with Gasteiger partial charge in [0.15, 0.2) is 0 Å². The lowest BCUT2D eigenvalue weighted by molar-refractivity contribution is -0.384. The van der Waals surface area contributed by atoms with Crippen LogP contribution in [0.4, 0.5) is 10.1 Å². The summed E-state index contributed by atoms with van der Waals surface area (Å²) in [5.74, 6) is -1.53. The summed E-state index contributed by atoms with van der Waals surface area (Å²) in [4.78, 5) is 36.0. The number of hydrazone groups is 1. The molecule has 2 amide bonds. The van der Waals surface area contributed by atoms with Crippen molar-refractivity contribution in [2.24, 2.45) is 28.8 Å². The van der Waals surface area contributed by atoms with Gasteiger partial charge in [-0.15, -0.1) is 0 Å². The lowest BCUT2D eigenvalue weighted by Crippen LogP contribution is -2.38. The minimum atomic E-state index is -0.727. The van der Waals surface area contributed by atoms with Crippen LogP contribution in [-0.4, -0.2) is 28.0 Å². The van der Waals surface area contributed by atoms with Crippen molar-refractivity contribution in [1.82, 2.24) is 5.01 Å². The van der Waals surface area contributed by atoms with Crippen molar-refractivity contribution in [3.8, 4) is 11.3 Å². The Kier molecular flexibility index (Phi) is 4.12. The molecule has 2 aromatic rings. The summed E-state index contributed by atoms with van der Waals surface area (Å²) in [7, 11) is 0. The Morgan fingerprint density at radius 2 is 1.77 bits per heavy atom. The number of hydrogen-bond acceptors (Lipinski definition) is 6. The van der Waals surface area contributed by atoms with E-state index in [4.69, 9.17) is 4.42 Å². The van der Waals surface area contributed by atoms with Gasteiger partial charge in [0.1, 0.15) is 17.3 Å². The van der Waals surface area contributed by atoms with Crippen LogP contribution in [0.15, 0.2) is 52.0 Å². The smallest absolute Gasteiger partial charge is 0.283 e. The van der Waals surface area contributed by atoms with Crippen molar-refractivity contribution in [3.05, 3.63) is 64.2 Å². The van der Waals surface area contributed by atoms with Gasteiger partial charge in [0.25, 0.3) is 17.5 Å². The number of furan rings is 1. The Morgan fingerprint density at radius 3 is 2.37 bits per heavy atom. The summed E-state index contributed by atoms with van der Waals surface area (Å²) in [5, 5.41) is 16.2. The fraction of sp³-hybridized carbons (Fsp3) is 0.286. The predicted molar refractivity (Wildman–Crippen MR) is 103 cm³/mol. The second-order valence-electron chi connectivity index (χ2n) is 7.69. The first-order valence-electron chi connectivity index (χ1n) is 9.58. The molecule has 2 fully saturated rings. The van der Waals surface area contributed by atoms with Crippen molar-refractivity contribution >= 4 is 23.7 Å². The van der Waals surface area contributed by atoms with Gasteiger partial charge in [-0.1, -0.05) is 12.2 Å². The van der Waals surface area contributed by atoms with Crippen molar-refractivity contribution in [3.63, 3.8) is 0 Å². The van der Waals surface area contributed by atoms with Gasteiger partial charge in [-0.05, 0) is 48.9 Å². The zero-order valence-electron chi connectivity index (χ0n) is 15.6. The van der Waals surface area contributed by atoms with Gasteiger partial charge in [0, 0.05) is 0 Å². The van der Waals surface area contributed by atoms with Crippen LogP contribution in [0.3, 0.4) is 0 Å². The van der Waals surface area contributed by atoms with Gasteiger partial charge in [0.05, 0.1) is 34.6 Å². The summed E-state index contributed by atoms with van der Waals surface area (Å²) < 4.78 is 18.9. The number of carbonyl (C=O) groups is 2. The van der Waals surface area contributed by atoms with Crippen LogP contribution in [0.5, 0.6) is 0 Å². The van der Waals surface area contributed by atoms with Crippen LogP contribution < -0.4 is 0 Å². The molecule has 0 spiro atoms. The number of nitro benzene ring substituents is 1. The average molecular weight is 409 g/mol. The van der Waals surface area contributed by atoms with Crippen molar-refractivity contribution in [2.75, 3.05) is 0 Å². The quantitative estimate of drug-likeness (QED) is 0.253. The Hall–Kier alpha value is -3.62. The molecule has 152 valence electrons. The van der Waals surface area contributed by atoms with E-state index in [0.717, 1.165) is 30.0 Å². The van der Waals surface area contributed by atoms with Crippen LogP contribution in [-0.2, 0) is 9.59 Å². The largest absolute Gasteiger partial charge is 0.455 e. The number of hydrogen-bond donors (Lipinski definition) is 0. The van der Waals surface area contributed by atoms with Gasteiger partial charge in [-0.25, -0.2) is 4.39 Å². The second kappa shape index (κ2) is 6.72. The molecule has 1 saturated carbocycles. The van der Waals surface area contributed by atoms with E-state index in [9.17, 15) is 24.1 Å². The van der Waals surface area contributed by atoms with Crippen LogP contribution in [0.1, 0.15) is 18.6 Å². The Balaban J connectivity index is 1.40. The molecule has 30 heavy (non-hydrogen) atoms. The number of imide groups is 1. The average Bonchev–Trinajstić information content (AvgIpc) is 3.31. The molecule has 9 heteroatoms. The summed E-state index contributed by atoms with van der Waals surface area (Å²) in [6, 6.07) is 6.17. The van der Waals surface area contributed by atoms with E-state index in [2.05, 4.69) is 5.10 Å². The highest BCUT2D eigenvalue weighted by Gasteiger charge is 2.56. The first-order chi connectivity index (χ1) is 14.4. The summed E-state index contributed by atoms with van der Waals surface area (Å²) in [6.45, 7) is 0. The van der Waals surface area contributed by atoms with Crippen LogP contribution >= 0.6 is 0 Å². The van der Waals surface area contributed by atoms with Gasteiger partial charge < -0.3 is 4.42 Å². The Morgan fingerprint density at radius 1 is 1.10 bits per heavy atom. The van der Waals surface area contributed by atoms with Gasteiger partial charge in [-0.2, -0.15) is 10.1 Å². The molecule has 3 aliphatic carbocycles. The number of fused-ring (bicyclic) bond motifs is 1. The molecule has 8 nitrogen and oxygen atoms in total. The van der Waals surface area contributed by atoms with Gasteiger partial charge >= 0.3 is 0 Å². The van der Waals surface area contributed by atoms with Crippen molar-refractivity contribution < 1.29 is 23.3 Å². The Bertz CT molecular complexity index is 1110. The first kappa shape index (κ1) is 18.4. The van der Waals surface area contributed by atoms with E-state index in [0.29, 0.717) is 0 Å². The molecular weight excluding hydrogens is 393 g/mol. The van der Waals surface area contributed by atoms with E-state index in [1.54, 1.807) is 0 Å². The monoisotopic (exact) mass is 409 g/mol. The van der Waals surface area contributed by atoms with Crippen LogP contribution in [0, 0.1) is 39.6 Å². The number of carbonyl (C=O) groups excluding carboxylic acids is 2. The zero-order valence-corrected chi connectivity index (χ0v) is 15.6. The molecule has 1 aromatic heterocycles. The molecule has 4 aliphatic rings. The van der Waals surface area contributed by atoms with E-state index in [1.165, 1.54) is 24.4 Å². The third kappa shape index (κ3) is 2.77. The molecule has 4 atom stereocenters. The molecule has 0 N–H and O–H groups in total. The van der Waals surface area contributed by atoms with E-state index in [-0.39, 0.29) is 52.6 Å². The van der Waals surface area contributed by atoms with E-state index in [1.807, 2.05) is 12.2 Å². The normalized spacial score (nSPS) is 27.3. The van der Waals surface area contributed by atoms with Crippen LogP contribution in [0.25, 0.3) is 11.3 Å². The molecule has 2 bridgehead atoms. The molecule has 1 aromatic carbocycles. The highest BCUT2D eigenvalue weighted by Crippen LogP contribution is 2.49. The number of amides is 2. The molecule has 1 aliphatic heterocycles. The molecule has 0 radical (unpaired) electrons. The van der Waals surface area contributed by atoms with E-state index >= 15 is 0 Å². The fourth-order valence-corrected chi connectivity index (χ4v) is 4.72. The maximum absolute atomic E-state index is 13.4. The number of nitrogens with zero attached hydrogens (tertiary/aromatic N) is 3. The number of allylic oxidation sites excluding steroid dienone is 2. The highest BCUT2D eigenvalue weighted by atomic mass is 19.1. The number of rotatable bonds is 4. The topological polar surface area (TPSA) is 106 Å². The third-order valence-corrected chi connectivity index (χ3v) is 6.09. The van der Waals surface area contributed by atoms with Crippen molar-refractivity contribution in [1.29, 1.82) is 0 Å². The maximum Gasteiger partial charge on any atom is 0.283 e. The fourth-order valence-electron chi connectivity index (χ4n) is 4.72. The lowest BCUT2D eigenvalue weighted by atomic mass is 9.63. The highest BCUT2D eigenvalue weighted by molar-refractivity contribution is 6.06. The molecule has 6 rings (SSSR count). The number of benzene rings is 1. The lowest BCUT2D eigenvalue weighted by Gasteiger charge is -2.37. The zero-order chi connectivity index (χ0) is 21.0. The Labute approximate surface area is 169 Å². The SMILES string of the molecule is O=C1[C@@H]2[C@@H](C(=O)N1/N=C\c1ccc(-c3ccc(F)cc3[N+](=O)[O-])o1)[C@H]1C=C[C@H]2CC1. The summed E-state index contributed by atoms with van der Waals surface area (Å²) in [6.07, 6.45) is 7.10. The molecule has 2 heterocycles. The minimum Gasteiger partial charge on any atom is -0.455 e. The van der Waals surface area contributed by atoms with Gasteiger partial charge in [0.2, 0.25) is 0 Å². The molecule has 0 unspecified atom stereocenters. The second-order valence-corrected chi connectivity index (χ2v) is 7.69. The van der Waals surface area contributed by atoms with Crippen molar-refractivity contribution in [2.45, 2.75) is 12.8 Å². The van der Waals surface area contributed by atoms with Gasteiger partial charge in [-0.3, -0.25) is 19.7 Å². The van der Waals surface area contributed by atoms with E-state index < -0.39 is 16.4 Å². The molecule has 1 saturated heterocycles. The predicted octanol–water partition coefficient (Wildman–Crippen LogP) is 3.53. The third-order valence-electron chi connectivity index (χ3n) is 6.09. The van der Waals surface area contributed by atoms with Crippen LogP contribution in [0.2, 0.25) is 0 Å². The summed E-state index contributed by atoms with van der Waals surface area (Å²) >= 11 is 0. The summed E-state index contributed by atoms with van der Waals surface area (Å²) in [5.41, 5.74) is -0.312. The standard InChI is InChI=1S/C21H16FN3O5/c22-13-5-7-15(16(9-13)25(28)29)17-8-6-14(30-17)10-23-24-20(26)18-11-1-2-12(4-3-11)19(18)21(24)27/h1-2,5-12,18-19H,3-4H2/b23-10-/t11-,12-,18-,19-/m0/s1. The maximum atomic E-state index is 13.4. The number of nitro groups is 1.